The molecular weight excluding hydrogens is 370 g/mol. The van der Waals surface area contributed by atoms with Crippen LogP contribution in [0.5, 0.6) is 0 Å². The van der Waals surface area contributed by atoms with Crippen LogP contribution in [-0.4, -0.2) is 37.3 Å². The van der Waals surface area contributed by atoms with Crippen molar-refractivity contribution in [3.8, 4) is 0 Å². The van der Waals surface area contributed by atoms with Gasteiger partial charge in [-0.1, -0.05) is 13.8 Å². The minimum Gasteiger partial charge on any atom is -0.453 e. The van der Waals surface area contributed by atoms with Crippen LogP contribution in [0.2, 0.25) is 0 Å². The van der Waals surface area contributed by atoms with Crippen molar-refractivity contribution in [3.63, 3.8) is 0 Å². The van der Waals surface area contributed by atoms with Crippen LogP contribution in [0, 0.1) is 5.92 Å². The molecule has 0 aliphatic carbocycles. The number of esters is 1. The van der Waals surface area contributed by atoms with Gasteiger partial charge in [-0.2, -0.15) is 5.10 Å². The van der Waals surface area contributed by atoms with E-state index in [0.717, 1.165) is 25.9 Å². The molecule has 150 valence electrons. The Morgan fingerprint density at radius 2 is 1.82 bits per heavy atom. The number of carbonyl (C=O) groups is 2. The van der Waals surface area contributed by atoms with Crippen LogP contribution < -0.4 is 22.5 Å². The Kier molecular flexibility index (Phi) is 5.96. The van der Waals surface area contributed by atoms with Gasteiger partial charge in [0.1, 0.15) is 11.4 Å². The molecule has 0 atom stereocenters. The lowest BCUT2D eigenvalue weighted by molar-refractivity contribution is 0.0466. The van der Waals surface area contributed by atoms with Gasteiger partial charge in [0.25, 0.3) is 11.1 Å². The number of carbonyl (C=O) groups excluding carboxylic acids is 2. The molecule has 2 N–H and O–H groups in total. The van der Waals surface area contributed by atoms with Gasteiger partial charge in [-0.05, 0) is 12.0 Å². The van der Waals surface area contributed by atoms with Gasteiger partial charge in [0, 0.05) is 26.7 Å². The van der Waals surface area contributed by atoms with Crippen molar-refractivity contribution < 1.29 is 14.3 Å². The minimum absolute atomic E-state index is 0.0362. The maximum Gasteiger partial charge on any atom is 0.359 e. The Morgan fingerprint density at radius 1 is 1.18 bits per heavy atom. The SMILES string of the molecule is CC(C)Cn1c(N)c(C(=O)COC(=O)c2ccc(=O)n(C)n2)c(=O)n(C)c1=O. The summed E-state index contributed by atoms with van der Waals surface area (Å²) in [5.74, 6) is -2.04. The molecular formula is C17H21N5O6. The molecule has 11 nitrogen and oxygen atoms in total. The number of nitrogens with zero attached hydrogens (tertiary/aromatic N) is 4. The van der Waals surface area contributed by atoms with Gasteiger partial charge in [0.2, 0.25) is 5.78 Å². The summed E-state index contributed by atoms with van der Waals surface area (Å²) >= 11 is 0. The number of Topliss-reactive ketones (excluding diaryl/α,β-unsaturated/α-hetero) is 1. The summed E-state index contributed by atoms with van der Waals surface area (Å²) in [5, 5.41) is 3.71. The fourth-order valence-electron chi connectivity index (χ4n) is 2.48. The van der Waals surface area contributed by atoms with E-state index >= 15 is 0 Å². The van der Waals surface area contributed by atoms with E-state index in [0.29, 0.717) is 0 Å². The Morgan fingerprint density at radius 3 is 2.39 bits per heavy atom. The van der Waals surface area contributed by atoms with Gasteiger partial charge >= 0.3 is 11.7 Å². The van der Waals surface area contributed by atoms with Crippen LogP contribution in [0.1, 0.15) is 34.7 Å². The first-order chi connectivity index (χ1) is 13.0. The number of hydrogen-bond acceptors (Lipinski definition) is 8. The fraction of sp³-hybridized carbons (Fsp3) is 0.412. The fourth-order valence-corrected chi connectivity index (χ4v) is 2.48. The maximum absolute atomic E-state index is 12.5. The average Bonchev–Trinajstić information content (AvgIpc) is 2.63. The highest BCUT2D eigenvalue weighted by molar-refractivity contribution is 6.02. The second kappa shape index (κ2) is 8.03. The number of aryl methyl sites for hydroxylation is 1. The van der Waals surface area contributed by atoms with Crippen molar-refractivity contribution in [2.75, 3.05) is 12.3 Å². The van der Waals surface area contributed by atoms with Gasteiger partial charge in [-0.25, -0.2) is 14.3 Å². The molecule has 0 aromatic carbocycles. The van der Waals surface area contributed by atoms with Crippen molar-refractivity contribution >= 4 is 17.6 Å². The number of anilines is 1. The van der Waals surface area contributed by atoms with Crippen LogP contribution >= 0.6 is 0 Å². The molecule has 0 radical (unpaired) electrons. The third-order valence-corrected chi connectivity index (χ3v) is 3.91. The Balaban J connectivity index is 2.31. The monoisotopic (exact) mass is 391 g/mol. The van der Waals surface area contributed by atoms with Crippen molar-refractivity contribution in [1.82, 2.24) is 18.9 Å². The third kappa shape index (κ3) is 4.08. The molecule has 0 fully saturated rings. The second-order valence-electron chi connectivity index (χ2n) is 6.59. The minimum atomic E-state index is -0.949. The molecule has 2 aromatic heterocycles. The predicted molar refractivity (Wildman–Crippen MR) is 99.3 cm³/mol. The molecule has 0 spiro atoms. The molecule has 2 aromatic rings. The third-order valence-electron chi connectivity index (χ3n) is 3.91. The standard InChI is InChI=1S/C17H21N5O6/c1-9(2)7-22-14(18)13(15(25)20(3)17(22)27)11(23)8-28-16(26)10-5-6-12(24)21(4)19-10/h5-6,9H,7-8,18H2,1-4H3. The quantitative estimate of drug-likeness (QED) is 0.483. The molecule has 11 heteroatoms. The van der Waals surface area contributed by atoms with E-state index in [-0.39, 0.29) is 24.0 Å². The van der Waals surface area contributed by atoms with Gasteiger partial charge in [-0.3, -0.25) is 23.5 Å². The van der Waals surface area contributed by atoms with Crippen LogP contribution in [0.15, 0.2) is 26.5 Å². The van der Waals surface area contributed by atoms with Gasteiger partial charge in [0.15, 0.2) is 12.3 Å². The lowest BCUT2D eigenvalue weighted by Gasteiger charge is -2.16. The molecule has 28 heavy (non-hydrogen) atoms. The van der Waals surface area contributed by atoms with E-state index in [1.165, 1.54) is 14.1 Å². The highest BCUT2D eigenvalue weighted by Crippen LogP contribution is 2.09. The average molecular weight is 391 g/mol. The van der Waals surface area contributed by atoms with Crippen LogP contribution in [0.3, 0.4) is 0 Å². The number of nitrogen functional groups attached to an aromatic ring is 1. The van der Waals surface area contributed by atoms with E-state index in [9.17, 15) is 24.0 Å². The van der Waals surface area contributed by atoms with Gasteiger partial charge in [0.05, 0.1) is 0 Å². The zero-order valence-corrected chi connectivity index (χ0v) is 16.0. The summed E-state index contributed by atoms with van der Waals surface area (Å²) in [6.45, 7) is 3.13. The van der Waals surface area contributed by atoms with E-state index in [1.54, 1.807) is 0 Å². The Bertz CT molecular complexity index is 1110. The summed E-state index contributed by atoms with van der Waals surface area (Å²) < 4.78 is 7.74. The first-order valence-electron chi connectivity index (χ1n) is 8.38. The largest absolute Gasteiger partial charge is 0.453 e. The first kappa shape index (κ1) is 20.8. The molecule has 0 saturated heterocycles. The van der Waals surface area contributed by atoms with Crippen molar-refractivity contribution in [1.29, 1.82) is 0 Å². The molecule has 0 unspecified atom stereocenters. The van der Waals surface area contributed by atoms with E-state index in [2.05, 4.69) is 5.10 Å². The van der Waals surface area contributed by atoms with E-state index in [1.807, 2.05) is 13.8 Å². The number of hydrogen-bond donors (Lipinski definition) is 1. The number of ketones is 1. The smallest absolute Gasteiger partial charge is 0.359 e. The molecule has 2 rings (SSSR count). The van der Waals surface area contributed by atoms with Crippen molar-refractivity contribution in [2.24, 2.45) is 20.0 Å². The molecule has 0 bridgehead atoms. The highest BCUT2D eigenvalue weighted by Gasteiger charge is 2.23. The number of aromatic nitrogens is 4. The zero-order chi connectivity index (χ0) is 21.2. The van der Waals surface area contributed by atoms with Crippen LogP contribution in [0.4, 0.5) is 5.82 Å². The molecule has 0 saturated carbocycles. The Labute approximate surface area is 159 Å². The lowest BCUT2D eigenvalue weighted by atomic mass is 10.1. The second-order valence-corrected chi connectivity index (χ2v) is 6.59. The van der Waals surface area contributed by atoms with E-state index < -0.39 is 40.7 Å². The molecule has 0 aliphatic rings. The number of rotatable bonds is 6. The topological polar surface area (TPSA) is 148 Å². The summed E-state index contributed by atoms with van der Waals surface area (Å²) in [6.07, 6.45) is 0. The van der Waals surface area contributed by atoms with E-state index in [4.69, 9.17) is 10.5 Å². The van der Waals surface area contributed by atoms with Gasteiger partial charge in [-0.15, -0.1) is 0 Å². The number of nitrogens with two attached hydrogens (primary N) is 1. The van der Waals surface area contributed by atoms with Crippen LogP contribution in [-0.2, 0) is 25.4 Å². The molecule has 0 amide bonds. The Hall–Kier alpha value is -3.50. The maximum atomic E-state index is 12.5. The lowest BCUT2D eigenvalue weighted by Crippen LogP contribution is -2.43. The zero-order valence-electron chi connectivity index (χ0n) is 16.0. The summed E-state index contributed by atoms with van der Waals surface area (Å²) in [6, 6.07) is 2.28. The van der Waals surface area contributed by atoms with Crippen LogP contribution in [0.25, 0.3) is 0 Å². The van der Waals surface area contributed by atoms with Gasteiger partial charge < -0.3 is 10.5 Å². The van der Waals surface area contributed by atoms with Crippen molar-refractivity contribution in [3.05, 3.63) is 54.6 Å². The first-order valence-corrected chi connectivity index (χ1v) is 8.38. The summed E-state index contributed by atoms with van der Waals surface area (Å²) in [5.41, 5.74) is 3.36. The predicted octanol–water partition coefficient (Wildman–Crippen LogP) is -1.08. The normalized spacial score (nSPS) is 10.9. The summed E-state index contributed by atoms with van der Waals surface area (Å²) in [4.78, 5) is 60.4. The molecule has 0 aliphatic heterocycles. The highest BCUT2D eigenvalue weighted by atomic mass is 16.5. The van der Waals surface area contributed by atoms with Crippen molar-refractivity contribution in [2.45, 2.75) is 20.4 Å². The summed E-state index contributed by atoms with van der Waals surface area (Å²) in [7, 11) is 2.59. The number of ether oxygens (including phenoxy) is 1. The molecule has 2 heterocycles.